The standard InChI is InChI=1S/C6H14N4O3/c7-4(13)6(2-11,3-12)1-10-5(8)9/h11-12H,1-3H2,(H2,7,13)(H4,8,9,10). The van der Waals surface area contributed by atoms with E-state index in [0.29, 0.717) is 0 Å². The van der Waals surface area contributed by atoms with Gasteiger partial charge in [-0.1, -0.05) is 0 Å². The number of rotatable bonds is 5. The average molecular weight is 190 g/mol. The molecule has 0 aliphatic heterocycles. The zero-order chi connectivity index (χ0) is 10.5. The van der Waals surface area contributed by atoms with Crippen molar-refractivity contribution in [1.29, 1.82) is 5.41 Å². The minimum absolute atomic E-state index is 0.162. The van der Waals surface area contributed by atoms with Crippen molar-refractivity contribution in [3.05, 3.63) is 0 Å². The summed E-state index contributed by atoms with van der Waals surface area (Å²) in [5.74, 6) is -1.20. The third-order valence-electron chi connectivity index (χ3n) is 1.75. The van der Waals surface area contributed by atoms with Gasteiger partial charge in [0.2, 0.25) is 5.91 Å². The van der Waals surface area contributed by atoms with Crippen LogP contribution in [-0.4, -0.2) is 41.8 Å². The Bertz CT molecular complexity index is 202. The van der Waals surface area contributed by atoms with Crippen LogP contribution in [0, 0.1) is 10.8 Å². The molecule has 0 radical (unpaired) electrons. The van der Waals surface area contributed by atoms with Gasteiger partial charge < -0.3 is 27.0 Å². The molecule has 0 atom stereocenters. The van der Waals surface area contributed by atoms with Gasteiger partial charge in [-0.15, -0.1) is 0 Å². The van der Waals surface area contributed by atoms with E-state index in [9.17, 15) is 4.79 Å². The van der Waals surface area contributed by atoms with Crippen molar-refractivity contribution in [3.8, 4) is 0 Å². The molecule has 7 nitrogen and oxygen atoms in total. The van der Waals surface area contributed by atoms with Crippen molar-refractivity contribution in [2.24, 2.45) is 16.9 Å². The smallest absolute Gasteiger partial charge is 0.230 e. The molecule has 7 heteroatoms. The largest absolute Gasteiger partial charge is 0.395 e. The first-order valence-electron chi connectivity index (χ1n) is 3.58. The number of amides is 1. The van der Waals surface area contributed by atoms with Gasteiger partial charge >= 0.3 is 0 Å². The second kappa shape index (κ2) is 4.63. The Kier molecular flexibility index (Phi) is 4.15. The fourth-order valence-corrected chi connectivity index (χ4v) is 0.669. The second-order valence-electron chi connectivity index (χ2n) is 2.73. The number of nitrogens with two attached hydrogens (primary N) is 2. The van der Waals surface area contributed by atoms with E-state index in [1.54, 1.807) is 0 Å². The molecule has 0 aliphatic rings. The lowest BCUT2D eigenvalue weighted by molar-refractivity contribution is -0.132. The summed E-state index contributed by atoms with van der Waals surface area (Å²) in [5.41, 5.74) is 8.47. The molecule has 0 rings (SSSR count). The summed E-state index contributed by atoms with van der Waals surface area (Å²) in [6.07, 6.45) is 0. The van der Waals surface area contributed by atoms with Crippen LogP contribution in [0.5, 0.6) is 0 Å². The number of carbonyl (C=O) groups is 1. The highest BCUT2D eigenvalue weighted by molar-refractivity contribution is 5.82. The number of carbonyl (C=O) groups excluding carboxylic acids is 1. The molecule has 0 saturated heterocycles. The molecule has 0 heterocycles. The van der Waals surface area contributed by atoms with E-state index in [0.717, 1.165) is 0 Å². The van der Waals surface area contributed by atoms with E-state index in [4.69, 9.17) is 27.1 Å². The Morgan fingerprint density at radius 2 is 1.85 bits per heavy atom. The summed E-state index contributed by atoms with van der Waals surface area (Å²) in [5, 5.41) is 26.8. The third kappa shape index (κ3) is 2.88. The molecular weight excluding hydrogens is 176 g/mol. The summed E-state index contributed by atoms with van der Waals surface area (Å²) in [6.45, 7) is -1.36. The van der Waals surface area contributed by atoms with E-state index in [-0.39, 0.29) is 12.5 Å². The number of primary amides is 1. The summed E-state index contributed by atoms with van der Waals surface area (Å²) in [6, 6.07) is 0. The first kappa shape index (κ1) is 11.7. The zero-order valence-corrected chi connectivity index (χ0v) is 7.08. The molecule has 0 spiro atoms. The van der Waals surface area contributed by atoms with Crippen LogP contribution in [0.25, 0.3) is 0 Å². The molecule has 13 heavy (non-hydrogen) atoms. The van der Waals surface area contributed by atoms with Crippen LogP contribution in [-0.2, 0) is 4.79 Å². The minimum Gasteiger partial charge on any atom is -0.395 e. The summed E-state index contributed by atoms with van der Waals surface area (Å²) in [7, 11) is 0. The van der Waals surface area contributed by atoms with Crippen LogP contribution in [0.1, 0.15) is 0 Å². The maximum atomic E-state index is 10.8. The SMILES string of the molecule is N=C(N)NCC(CO)(CO)C(N)=O. The van der Waals surface area contributed by atoms with Crippen molar-refractivity contribution < 1.29 is 15.0 Å². The Labute approximate surface area is 75.2 Å². The molecule has 8 N–H and O–H groups in total. The number of aliphatic hydroxyl groups excluding tert-OH is 2. The van der Waals surface area contributed by atoms with Gasteiger partial charge in [-0.2, -0.15) is 0 Å². The monoisotopic (exact) mass is 190 g/mol. The van der Waals surface area contributed by atoms with Crippen molar-refractivity contribution in [2.75, 3.05) is 19.8 Å². The number of nitrogens with one attached hydrogen (secondary N) is 2. The van der Waals surface area contributed by atoms with Gasteiger partial charge in [0.1, 0.15) is 5.41 Å². The fraction of sp³-hybridized carbons (Fsp3) is 0.667. The van der Waals surface area contributed by atoms with Gasteiger partial charge in [0.25, 0.3) is 0 Å². The van der Waals surface area contributed by atoms with E-state index in [2.05, 4.69) is 5.32 Å². The molecule has 0 fully saturated rings. The topological polar surface area (TPSA) is 145 Å². The van der Waals surface area contributed by atoms with Crippen LogP contribution in [0.15, 0.2) is 0 Å². The Balaban J connectivity index is 4.39. The lowest BCUT2D eigenvalue weighted by Gasteiger charge is -2.25. The fourth-order valence-electron chi connectivity index (χ4n) is 0.669. The first-order chi connectivity index (χ1) is 5.98. The summed E-state index contributed by atoms with van der Waals surface area (Å²) in [4.78, 5) is 10.8. The van der Waals surface area contributed by atoms with E-state index in [1.165, 1.54) is 0 Å². The molecule has 0 aromatic carbocycles. The van der Waals surface area contributed by atoms with Gasteiger partial charge in [-0.3, -0.25) is 10.2 Å². The third-order valence-corrected chi connectivity index (χ3v) is 1.75. The Morgan fingerprint density at radius 3 is 2.08 bits per heavy atom. The molecule has 0 aromatic heterocycles. The van der Waals surface area contributed by atoms with Crippen LogP contribution < -0.4 is 16.8 Å². The average Bonchev–Trinajstić information content (AvgIpc) is 2.06. The Morgan fingerprint density at radius 1 is 1.38 bits per heavy atom. The number of hydrogen-bond acceptors (Lipinski definition) is 4. The van der Waals surface area contributed by atoms with E-state index >= 15 is 0 Å². The van der Waals surface area contributed by atoms with Gasteiger partial charge in [0, 0.05) is 6.54 Å². The normalized spacial score (nSPS) is 10.9. The predicted molar refractivity (Wildman–Crippen MR) is 45.7 cm³/mol. The maximum absolute atomic E-state index is 10.8. The van der Waals surface area contributed by atoms with Crippen molar-refractivity contribution in [1.82, 2.24) is 5.32 Å². The molecule has 0 saturated carbocycles. The second-order valence-corrected chi connectivity index (χ2v) is 2.73. The van der Waals surface area contributed by atoms with Crippen LogP contribution in [0.3, 0.4) is 0 Å². The summed E-state index contributed by atoms with van der Waals surface area (Å²) < 4.78 is 0. The molecule has 0 aromatic rings. The van der Waals surface area contributed by atoms with Crippen LogP contribution >= 0.6 is 0 Å². The molecule has 0 unspecified atom stereocenters. The molecule has 0 aliphatic carbocycles. The number of hydrogen-bond donors (Lipinski definition) is 6. The lowest BCUT2D eigenvalue weighted by atomic mass is 9.89. The zero-order valence-electron chi connectivity index (χ0n) is 7.08. The highest BCUT2D eigenvalue weighted by Crippen LogP contribution is 2.12. The van der Waals surface area contributed by atoms with Gasteiger partial charge in [0.15, 0.2) is 5.96 Å². The predicted octanol–water partition coefficient (Wildman–Crippen LogP) is -3.07. The van der Waals surface area contributed by atoms with Crippen molar-refractivity contribution in [2.45, 2.75) is 0 Å². The molecule has 1 amide bonds. The number of aliphatic hydroxyl groups is 2. The van der Waals surface area contributed by atoms with Crippen LogP contribution in [0.4, 0.5) is 0 Å². The van der Waals surface area contributed by atoms with Gasteiger partial charge in [-0.05, 0) is 0 Å². The molecule has 0 bridgehead atoms. The van der Waals surface area contributed by atoms with Crippen molar-refractivity contribution in [3.63, 3.8) is 0 Å². The van der Waals surface area contributed by atoms with E-state index in [1.807, 2.05) is 0 Å². The molecular formula is C6H14N4O3. The highest BCUT2D eigenvalue weighted by atomic mass is 16.3. The summed E-state index contributed by atoms with van der Waals surface area (Å²) >= 11 is 0. The van der Waals surface area contributed by atoms with E-state index < -0.39 is 24.5 Å². The van der Waals surface area contributed by atoms with Crippen molar-refractivity contribution >= 4 is 11.9 Å². The minimum atomic E-state index is -1.47. The number of guanidine groups is 1. The Hall–Kier alpha value is -1.34. The first-order valence-corrected chi connectivity index (χ1v) is 3.58. The lowest BCUT2D eigenvalue weighted by Crippen LogP contribution is -2.52. The van der Waals surface area contributed by atoms with Gasteiger partial charge in [-0.25, -0.2) is 0 Å². The van der Waals surface area contributed by atoms with Gasteiger partial charge in [0.05, 0.1) is 13.2 Å². The maximum Gasteiger partial charge on any atom is 0.230 e. The molecule has 76 valence electrons. The quantitative estimate of drug-likeness (QED) is 0.201. The van der Waals surface area contributed by atoms with Crippen LogP contribution in [0.2, 0.25) is 0 Å². The highest BCUT2D eigenvalue weighted by Gasteiger charge is 2.35.